The minimum atomic E-state index is -1.14. The van der Waals surface area contributed by atoms with E-state index >= 15 is 0 Å². The molecule has 0 aromatic heterocycles. The normalized spacial score (nSPS) is 10.1. The Morgan fingerprint density at radius 3 is 2.89 bits per heavy atom. The summed E-state index contributed by atoms with van der Waals surface area (Å²) in [6, 6.07) is 7.36. The van der Waals surface area contributed by atoms with Crippen molar-refractivity contribution in [3.63, 3.8) is 0 Å². The molecule has 0 bridgehead atoms. The fourth-order valence-electron chi connectivity index (χ4n) is 1.10. The van der Waals surface area contributed by atoms with Crippen LogP contribution in [-0.2, 0) is 20.2 Å². The van der Waals surface area contributed by atoms with Crippen molar-refractivity contribution in [2.45, 2.75) is 5.75 Å². The van der Waals surface area contributed by atoms with Crippen LogP contribution in [0.1, 0.15) is 5.56 Å². The predicted molar refractivity (Wildman–Crippen MR) is 69.3 cm³/mol. The maximum absolute atomic E-state index is 11.2. The van der Waals surface area contributed by atoms with Gasteiger partial charge in [0.1, 0.15) is 0 Å². The van der Waals surface area contributed by atoms with Crippen LogP contribution in [-0.4, -0.2) is 29.3 Å². The second-order valence-electron chi connectivity index (χ2n) is 3.33. The quantitative estimate of drug-likeness (QED) is 0.747. The highest BCUT2D eigenvalue weighted by molar-refractivity contribution is 7.99. The van der Waals surface area contributed by atoms with Gasteiger partial charge in [-0.2, -0.15) is 0 Å². The van der Waals surface area contributed by atoms with E-state index in [0.29, 0.717) is 10.8 Å². The van der Waals surface area contributed by atoms with Gasteiger partial charge in [0.2, 0.25) is 0 Å². The second-order valence-corrected chi connectivity index (χ2v) is 4.75. The molecule has 0 atom stereocenters. The Balaban J connectivity index is 2.17. The number of amides is 1. The number of carboxylic acids is 1. The Bertz CT molecular complexity index is 427. The van der Waals surface area contributed by atoms with E-state index in [0.717, 1.165) is 5.56 Å². The number of carbonyl (C=O) groups is 2. The van der Waals surface area contributed by atoms with Gasteiger partial charge in [-0.3, -0.25) is 9.63 Å². The Morgan fingerprint density at radius 2 is 2.22 bits per heavy atom. The summed E-state index contributed by atoms with van der Waals surface area (Å²) >= 11 is 7.20. The topological polar surface area (TPSA) is 75.6 Å². The third-order valence-electron chi connectivity index (χ3n) is 1.77. The minimum absolute atomic E-state index is 0.187. The van der Waals surface area contributed by atoms with E-state index in [1.807, 2.05) is 23.7 Å². The van der Waals surface area contributed by atoms with E-state index < -0.39 is 12.6 Å². The molecule has 0 aliphatic heterocycles. The van der Waals surface area contributed by atoms with Gasteiger partial charge in [0.25, 0.3) is 5.91 Å². The van der Waals surface area contributed by atoms with E-state index in [1.165, 1.54) is 11.8 Å². The zero-order valence-corrected chi connectivity index (χ0v) is 11.0. The molecular formula is C11H12ClNO4S. The average Bonchev–Trinajstić information content (AvgIpc) is 2.28. The van der Waals surface area contributed by atoms with Crippen molar-refractivity contribution in [3.8, 4) is 0 Å². The van der Waals surface area contributed by atoms with E-state index in [-0.39, 0.29) is 11.7 Å². The highest BCUT2D eigenvalue weighted by Gasteiger charge is 2.03. The summed E-state index contributed by atoms with van der Waals surface area (Å²) in [5.41, 5.74) is 3.07. The molecule has 2 N–H and O–H groups in total. The van der Waals surface area contributed by atoms with Gasteiger partial charge >= 0.3 is 5.97 Å². The standard InChI is InChI=1S/C11H12ClNO4S/c12-9-3-1-2-8(4-9)6-18-7-10(14)13-17-5-11(15)16/h1-4H,5-7H2,(H,13,14)(H,15,16). The summed E-state index contributed by atoms with van der Waals surface area (Å²) in [6.07, 6.45) is 0. The molecule has 0 saturated heterocycles. The van der Waals surface area contributed by atoms with Gasteiger partial charge < -0.3 is 5.11 Å². The number of hydroxylamine groups is 1. The molecule has 0 aliphatic carbocycles. The summed E-state index contributed by atoms with van der Waals surface area (Å²) in [5.74, 6) is -0.677. The fraction of sp³-hybridized carbons (Fsp3) is 0.273. The van der Waals surface area contributed by atoms with E-state index in [9.17, 15) is 9.59 Å². The maximum Gasteiger partial charge on any atom is 0.332 e. The van der Waals surface area contributed by atoms with Gasteiger partial charge in [-0.15, -0.1) is 11.8 Å². The predicted octanol–water partition coefficient (Wildman–Crippen LogP) is 1.71. The van der Waals surface area contributed by atoms with Gasteiger partial charge in [-0.1, -0.05) is 23.7 Å². The van der Waals surface area contributed by atoms with Crippen LogP contribution in [0, 0.1) is 0 Å². The number of hydrogen-bond acceptors (Lipinski definition) is 4. The Morgan fingerprint density at radius 1 is 1.44 bits per heavy atom. The molecule has 98 valence electrons. The van der Waals surface area contributed by atoms with Gasteiger partial charge in [-0.25, -0.2) is 10.3 Å². The lowest BCUT2D eigenvalue weighted by Crippen LogP contribution is -2.28. The summed E-state index contributed by atoms with van der Waals surface area (Å²) in [5, 5.41) is 8.94. The van der Waals surface area contributed by atoms with Crippen LogP contribution in [0.25, 0.3) is 0 Å². The number of nitrogens with one attached hydrogen (secondary N) is 1. The van der Waals surface area contributed by atoms with Crippen LogP contribution >= 0.6 is 23.4 Å². The van der Waals surface area contributed by atoms with Crippen LogP contribution in [0.3, 0.4) is 0 Å². The fourth-order valence-corrected chi connectivity index (χ4v) is 2.07. The molecule has 18 heavy (non-hydrogen) atoms. The van der Waals surface area contributed by atoms with Gasteiger partial charge in [-0.05, 0) is 17.7 Å². The molecule has 0 saturated carbocycles. The summed E-state index contributed by atoms with van der Waals surface area (Å²) in [6.45, 7) is -0.551. The molecule has 0 fully saturated rings. The first-order valence-corrected chi connectivity index (χ1v) is 6.56. The first kappa shape index (κ1) is 14.8. The summed E-state index contributed by atoms with van der Waals surface area (Å²) < 4.78 is 0. The van der Waals surface area contributed by atoms with Crippen molar-refractivity contribution in [2.24, 2.45) is 0 Å². The van der Waals surface area contributed by atoms with Crippen molar-refractivity contribution < 1.29 is 19.5 Å². The highest BCUT2D eigenvalue weighted by Crippen LogP contribution is 2.16. The van der Waals surface area contributed by atoms with Crippen LogP contribution in [0.2, 0.25) is 5.02 Å². The number of thioether (sulfide) groups is 1. The monoisotopic (exact) mass is 289 g/mol. The zero-order chi connectivity index (χ0) is 13.4. The van der Waals surface area contributed by atoms with Crippen molar-refractivity contribution in [3.05, 3.63) is 34.9 Å². The maximum atomic E-state index is 11.2. The number of halogens is 1. The van der Waals surface area contributed by atoms with Crippen LogP contribution in [0.15, 0.2) is 24.3 Å². The minimum Gasteiger partial charge on any atom is -0.479 e. The molecule has 1 aromatic rings. The smallest absolute Gasteiger partial charge is 0.332 e. The average molecular weight is 290 g/mol. The SMILES string of the molecule is O=C(O)CONC(=O)CSCc1cccc(Cl)c1. The highest BCUT2D eigenvalue weighted by atomic mass is 35.5. The van der Waals surface area contributed by atoms with Gasteiger partial charge in [0.15, 0.2) is 6.61 Å². The number of benzene rings is 1. The molecule has 0 radical (unpaired) electrons. The summed E-state index contributed by atoms with van der Waals surface area (Å²) in [4.78, 5) is 25.8. The number of carboxylic acid groups (broad SMARTS) is 1. The van der Waals surface area contributed by atoms with Crippen LogP contribution in [0.4, 0.5) is 0 Å². The number of hydrogen-bond donors (Lipinski definition) is 2. The Hall–Kier alpha value is -1.24. The van der Waals surface area contributed by atoms with E-state index in [4.69, 9.17) is 16.7 Å². The molecule has 7 heteroatoms. The number of carbonyl (C=O) groups excluding carboxylic acids is 1. The Labute approximate surface area is 113 Å². The number of rotatable bonds is 7. The molecule has 0 unspecified atom stereocenters. The lowest BCUT2D eigenvalue weighted by Gasteiger charge is -2.04. The van der Waals surface area contributed by atoms with Crippen molar-refractivity contribution in [2.75, 3.05) is 12.4 Å². The molecule has 1 rings (SSSR count). The molecule has 1 aromatic carbocycles. The van der Waals surface area contributed by atoms with Crippen molar-refractivity contribution in [1.82, 2.24) is 5.48 Å². The van der Waals surface area contributed by atoms with Gasteiger partial charge in [0.05, 0.1) is 5.75 Å². The largest absolute Gasteiger partial charge is 0.479 e. The molecule has 1 amide bonds. The lowest BCUT2D eigenvalue weighted by atomic mass is 10.2. The van der Waals surface area contributed by atoms with E-state index in [1.54, 1.807) is 6.07 Å². The lowest BCUT2D eigenvalue weighted by molar-refractivity contribution is -0.148. The molecule has 0 heterocycles. The zero-order valence-electron chi connectivity index (χ0n) is 9.39. The molecular weight excluding hydrogens is 278 g/mol. The summed E-state index contributed by atoms with van der Waals surface area (Å²) in [7, 11) is 0. The van der Waals surface area contributed by atoms with Crippen LogP contribution < -0.4 is 5.48 Å². The van der Waals surface area contributed by atoms with Gasteiger partial charge in [0, 0.05) is 10.8 Å². The molecule has 0 spiro atoms. The third kappa shape index (κ3) is 6.48. The number of aliphatic carboxylic acids is 1. The molecule has 5 nitrogen and oxygen atoms in total. The second kappa shape index (κ2) is 7.97. The van der Waals surface area contributed by atoms with E-state index in [2.05, 4.69) is 4.84 Å². The van der Waals surface area contributed by atoms with Crippen molar-refractivity contribution in [1.29, 1.82) is 0 Å². The first-order valence-electron chi connectivity index (χ1n) is 5.02. The van der Waals surface area contributed by atoms with Crippen LogP contribution in [0.5, 0.6) is 0 Å². The Kier molecular flexibility index (Phi) is 6.56. The first-order chi connectivity index (χ1) is 8.58. The molecule has 0 aliphatic rings. The third-order valence-corrected chi connectivity index (χ3v) is 3.01. The van der Waals surface area contributed by atoms with Crippen molar-refractivity contribution >= 4 is 35.2 Å².